The summed E-state index contributed by atoms with van der Waals surface area (Å²) < 4.78 is 0. The van der Waals surface area contributed by atoms with E-state index in [-0.39, 0.29) is 0 Å². The second-order valence-corrected chi connectivity index (χ2v) is 4.07. The zero-order valence-corrected chi connectivity index (χ0v) is 9.55. The third-order valence-corrected chi connectivity index (χ3v) is 3.13. The highest BCUT2D eigenvalue weighted by Crippen LogP contribution is 2.31. The highest BCUT2D eigenvalue weighted by Gasteiger charge is 2.10. The lowest BCUT2D eigenvalue weighted by Gasteiger charge is -2.10. The second-order valence-electron chi connectivity index (χ2n) is 4.07. The van der Waals surface area contributed by atoms with Crippen LogP contribution in [0.15, 0.2) is 12.1 Å². The average molecular weight is 201 g/mol. The van der Waals surface area contributed by atoms with E-state index in [1.54, 1.807) is 0 Å². The first-order valence-corrected chi connectivity index (χ1v) is 5.08. The van der Waals surface area contributed by atoms with E-state index in [0.29, 0.717) is 5.75 Å². The molecule has 1 aromatic carbocycles. The van der Waals surface area contributed by atoms with E-state index in [2.05, 4.69) is 11.9 Å². The molecule has 2 rings (SSSR count). The molecule has 78 valence electrons. The van der Waals surface area contributed by atoms with Gasteiger partial charge >= 0.3 is 0 Å². The summed E-state index contributed by atoms with van der Waals surface area (Å²) in [6.07, 6.45) is 0. The molecule has 0 saturated carbocycles. The van der Waals surface area contributed by atoms with E-state index in [0.717, 1.165) is 27.7 Å². The van der Waals surface area contributed by atoms with Crippen LogP contribution >= 0.6 is 0 Å². The summed E-state index contributed by atoms with van der Waals surface area (Å²) >= 11 is 0. The van der Waals surface area contributed by atoms with Crippen LogP contribution < -0.4 is 0 Å². The number of rotatable bonds is 0. The van der Waals surface area contributed by atoms with Crippen LogP contribution in [0.25, 0.3) is 10.9 Å². The van der Waals surface area contributed by atoms with Gasteiger partial charge in [-0.2, -0.15) is 0 Å². The lowest BCUT2D eigenvalue weighted by molar-refractivity contribution is 0.476. The molecule has 15 heavy (non-hydrogen) atoms. The molecule has 2 aromatic rings. The Morgan fingerprint density at radius 1 is 1.00 bits per heavy atom. The van der Waals surface area contributed by atoms with Crippen LogP contribution in [0.2, 0.25) is 0 Å². The van der Waals surface area contributed by atoms with Crippen LogP contribution in [0.5, 0.6) is 5.75 Å². The molecule has 0 saturated heterocycles. The van der Waals surface area contributed by atoms with E-state index in [1.807, 2.05) is 32.9 Å². The number of aryl methyl sites for hydroxylation is 3. The van der Waals surface area contributed by atoms with Gasteiger partial charge in [0.1, 0.15) is 5.75 Å². The van der Waals surface area contributed by atoms with Crippen molar-refractivity contribution in [1.82, 2.24) is 4.98 Å². The van der Waals surface area contributed by atoms with Crippen LogP contribution in [0.1, 0.15) is 22.4 Å². The SMILES string of the molecule is Cc1ccc2c(O)c(C)c(C)nc2c1C. The largest absolute Gasteiger partial charge is 0.507 e. The molecule has 0 radical (unpaired) electrons. The monoisotopic (exact) mass is 201 g/mol. The fourth-order valence-electron chi connectivity index (χ4n) is 1.76. The number of benzene rings is 1. The number of hydrogen-bond donors (Lipinski definition) is 1. The maximum atomic E-state index is 10.0. The Labute approximate surface area is 89.6 Å². The fourth-order valence-corrected chi connectivity index (χ4v) is 1.76. The zero-order valence-electron chi connectivity index (χ0n) is 9.55. The van der Waals surface area contributed by atoms with Crippen LogP contribution in [-0.2, 0) is 0 Å². The van der Waals surface area contributed by atoms with E-state index in [9.17, 15) is 5.11 Å². The third kappa shape index (κ3) is 1.37. The molecule has 1 aromatic heterocycles. The van der Waals surface area contributed by atoms with Crippen molar-refractivity contribution in [2.24, 2.45) is 0 Å². The molecule has 0 aliphatic rings. The standard InChI is InChI=1S/C13H15NO/c1-7-5-6-11-12(8(7)2)14-10(4)9(3)13(11)15/h5-6H,1-4H3,(H,14,15). The number of hydrogen-bond acceptors (Lipinski definition) is 2. The number of aromatic nitrogens is 1. The quantitative estimate of drug-likeness (QED) is 0.710. The first-order chi connectivity index (χ1) is 7.02. The van der Waals surface area contributed by atoms with Crippen molar-refractivity contribution >= 4 is 10.9 Å². The molecular weight excluding hydrogens is 186 g/mol. The van der Waals surface area contributed by atoms with Crippen molar-refractivity contribution in [3.63, 3.8) is 0 Å². The molecular formula is C13H15NO. The normalized spacial score (nSPS) is 10.9. The van der Waals surface area contributed by atoms with Gasteiger partial charge in [0.2, 0.25) is 0 Å². The first kappa shape index (κ1) is 9.97. The molecule has 0 aliphatic heterocycles. The van der Waals surface area contributed by atoms with E-state index in [4.69, 9.17) is 0 Å². The number of fused-ring (bicyclic) bond motifs is 1. The Kier molecular flexibility index (Phi) is 2.14. The summed E-state index contributed by atoms with van der Waals surface area (Å²) in [4.78, 5) is 4.54. The highest BCUT2D eigenvalue weighted by atomic mass is 16.3. The number of nitrogens with zero attached hydrogens (tertiary/aromatic N) is 1. The molecule has 1 heterocycles. The molecule has 0 amide bonds. The van der Waals surface area contributed by atoms with Gasteiger partial charge in [0.05, 0.1) is 5.52 Å². The minimum atomic E-state index is 0.362. The summed E-state index contributed by atoms with van der Waals surface area (Å²) in [7, 11) is 0. The maximum Gasteiger partial charge on any atom is 0.129 e. The van der Waals surface area contributed by atoms with Crippen LogP contribution in [-0.4, -0.2) is 10.1 Å². The summed E-state index contributed by atoms with van der Waals surface area (Å²) in [6.45, 7) is 7.92. The average Bonchev–Trinajstić information content (AvgIpc) is 2.21. The van der Waals surface area contributed by atoms with Gasteiger partial charge in [-0.15, -0.1) is 0 Å². The molecule has 0 bridgehead atoms. The van der Waals surface area contributed by atoms with Crippen molar-refractivity contribution in [1.29, 1.82) is 0 Å². The maximum absolute atomic E-state index is 10.0. The van der Waals surface area contributed by atoms with Gasteiger partial charge in [-0.25, -0.2) is 0 Å². The van der Waals surface area contributed by atoms with Crippen LogP contribution in [0.4, 0.5) is 0 Å². The Morgan fingerprint density at radius 3 is 2.33 bits per heavy atom. The predicted molar refractivity (Wildman–Crippen MR) is 62.4 cm³/mol. The summed E-state index contributed by atoms with van der Waals surface area (Å²) in [5.41, 5.74) is 5.03. The van der Waals surface area contributed by atoms with E-state index >= 15 is 0 Å². The Bertz CT molecular complexity index is 544. The van der Waals surface area contributed by atoms with Gasteiger partial charge in [0.25, 0.3) is 0 Å². The van der Waals surface area contributed by atoms with Gasteiger partial charge in [0, 0.05) is 16.6 Å². The van der Waals surface area contributed by atoms with Gasteiger partial charge in [-0.1, -0.05) is 6.07 Å². The predicted octanol–water partition coefficient (Wildman–Crippen LogP) is 3.17. The van der Waals surface area contributed by atoms with Crippen molar-refractivity contribution < 1.29 is 5.11 Å². The number of aromatic hydroxyl groups is 1. The summed E-state index contributed by atoms with van der Waals surface area (Å²) in [5, 5.41) is 10.9. The molecule has 0 atom stereocenters. The number of pyridine rings is 1. The molecule has 2 nitrogen and oxygen atoms in total. The fraction of sp³-hybridized carbons (Fsp3) is 0.308. The minimum Gasteiger partial charge on any atom is -0.507 e. The zero-order chi connectivity index (χ0) is 11.2. The minimum absolute atomic E-state index is 0.362. The van der Waals surface area contributed by atoms with Gasteiger partial charge < -0.3 is 5.11 Å². The lowest BCUT2D eigenvalue weighted by atomic mass is 10.0. The van der Waals surface area contributed by atoms with Gasteiger partial charge in [-0.05, 0) is 44.9 Å². The first-order valence-electron chi connectivity index (χ1n) is 5.08. The molecule has 0 aliphatic carbocycles. The van der Waals surface area contributed by atoms with E-state index < -0.39 is 0 Å². The summed E-state index contributed by atoms with van der Waals surface area (Å²) in [5.74, 6) is 0.362. The van der Waals surface area contributed by atoms with Crippen molar-refractivity contribution in [2.75, 3.05) is 0 Å². The highest BCUT2D eigenvalue weighted by molar-refractivity contribution is 5.89. The van der Waals surface area contributed by atoms with Crippen molar-refractivity contribution in [2.45, 2.75) is 27.7 Å². The topological polar surface area (TPSA) is 33.1 Å². The molecule has 1 N–H and O–H groups in total. The lowest BCUT2D eigenvalue weighted by Crippen LogP contribution is -1.93. The second kappa shape index (κ2) is 3.23. The van der Waals surface area contributed by atoms with Crippen LogP contribution in [0, 0.1) is 27.7 Å². The molecule has 2 heteroatoms. The van der Waals surface area contributed by atoms with E-state index in [1.165, 1.54) is 5.56 Å². The Morgan fingerprint density at radius 2 is 1.67 bits per heavy atom. The Hall–Kier alpha value is -1.57. The molecule has 0 fully saturated rings. The summed E-state index contributed by atoms with van der Waals surface area (Å²) in [6, 6.07) is 3.96. The van der Waals surface area contributed by atoms with Gasteiger partial charge in [-0.3, -0.25) is 4.98 Å². The Balaban J connectivity index is 2.98. The third-order valence-electron chi connectivity index (χ3n) is 3.13. The molecule has 0 unspecified atom stereocenters. The van der Waals surface area contributed by atoms with Gasteiger partial charge in [0.15, 0.2) is 0 Å². The molecule has 0 spiro atoms. The van der Waals surface area contributed by atoms with Crippen molar-refractivity contribution in [3.8, 4) is 5.75 Å². The van der Waals surface area contributed by atoms with Crippen LogP contribution in [0.3, 0.4) is 0 Å². The van der Waals surface area contributed by atoms with Crippen molar-refractivity contribution in [3.05, 3.63) is 34.5 Å². The smallest absolute Gasteiger partial charge is 0.129 e.